The van der Waals surface area contributed by atoms with Gasteiger partial charge in [-0.25, -0.2) is 9.97 Å². The van der Waals surface area contributed by atoms with Crippen molar-refractivity contribution in [3.05, 3.63) is 24.7 Å². The summed E-state index contributed by atoms with van der Waals surface area (Å²) in [7, 11) is -1.02. The van der Waals surface area contributed by atoms with Gasteiger partial charge in [0.1, 0.15) is 14.9 Å². The predicted molar refractivity (Wildman–Crippen MR) is 99.0 cm³/mol. The van der Waals surface area contributed by atoms with E-state index in [2.05, 4.69) is 25.6 Å². The van der Waals surface area contributed by atoms with Gasteiger partial charge in [0.2, 0.25) is 0 Å². The third kappa shape index (κ3) is 2.97. The lowest BCUT2D eigenvalue weighted by Crippen LogP contribution is -2.38. The Morgan fingerprint density at radius 2 is 2.29 bits per heavy atom. The molecule has 0 bridgehead atoms. The zero-order chi connectivity index (χ0) is 16.5. The van der Waals surface area contributed by atoms with E-state index in [1.54, 1.807) is 12.5 Å². The molecule has 1 aliphatic heterocycles. The molecule has 1 saturated heterocycles. The van der Waals surface area contributed by atoms with Crippen LogP contribution < -0.4 is 10.6 Å². The summed E-state index contributed by atoms with van der Waals surface area (Å²) in [5.74, 6) is 0. The van der Waals surface area contributed by atoms with E-state index in [-0.39, 0.29) is 0 Å². The number of piperidine rings is 1. The van der Waals surface area contributed by atoms with Crippen LogP contribution in [-0.2, 0) is 10.8 Å². The lowest BCUT2D eigenvalue weighted by atomic mass is 10.1. The molecule has 4 heterocycles. The second-order valence-corrected chi connectivity index (χ2v) is 8.55. The van der Waals surface area contributed by atoms with Gasteiger partial charge in [0.05, 0.1) is 28.2 Å². The zero-order valence-corrected chi connectivity index (χ0v) is 15.0. The molecule has 4 rings (SSSR count). The molecule has 0 spiro atoms. The van der Waals surface area contributed by atoms with Crippen molar-refractivity contribution in [3.63, 3.8) is 0 Å². The maximum absolute atomic E-state index is 11.7. The van der Waals surface area contributed by atoms with E-state index in [0.717, 1.165) is 51.0 Å². The quantitative estimate of drug-likeness (QED) is 0.665. The minimum absolute atomic E-state index is 0.387. The first-order valence-electron chi connectivity index (χ1n) is 7.95. The molecule has 2 unspecified atom stereocenters. The van der Waals surface area contributed by atoms with Gasteiger partial charge in [-0.15, -0.1) is 11.3 Å². The molecule has 0 aromatic carbocycles. The van der Waals surface area contributed by atoms with Gasteiger partial charge >= 0.3 is 0 Å². The van der Waals surface area contributed by atoms with E-state index in [0.29, 0.717) is 6.04 Å². The van der Waals surface area contributed by atoms with Crippen LogP contribution in [0.25, 0.3) is 21.6 Å². The standard InChI is InChI=1S/C16H19N5OS2/c1-24(22)13-9-20-16(23-13)12-8-19-15-11(4-6-18-15)14(12)21-10-3-2-5-17-7-10/h4,6,8-10,17H,2-3,5,7H2,1H3,(H2,18,19,21). The van der Waals surface area contributed by atoms with Crippen molar-refractivity contribution < 1.29 is 4.21 Å². The first-order chi connectivity index (χ1) is 11.7. The average molecular weight is 361 g/mol. The molecule has 24 heavy (non-hydrogen) atoms. The first kappa shape index (κ1) is 15.7. The minimum atomic E-state index is -1.02. The monoisotopic (exact) mass is 361 g/mol. The van der Waals surface area contributed by atoms with Crippen molar-refractivity contribution in [1.29, 1.82) is 0 Å². The number of pyridine rings is 1. The second kappa shape index (κ2) is 6.62. The normalized spacial score (nSPS) is 19.5. The van der Waals surface area contributed by atoms with E-state index in [9.17, 15) is 4.21 Å². The maximum atomic E-state index is 11.7. The first-order valence-corrected chi connectivity index (χ1v) is 10.3. The number of nitrogens with zero attached hydrogens (tertiary/aromatic N) is 2. The molecule has 3 N–H and O–H groups in total. The molecule has 3 aromatic rings. The van der Waals surface area contributed by atoms with E-state index in [1.807, 2.05) is 18.5 Å². The molecule has 1 fully saturated rings. The van der Waals surface area contributed by atoms with Gasteiger partial charge in [0, 0.05) is 36.6 Å². The number of aromatic nitrogens is 3. The third-order valence-electron chi connectivity index (χ3n) is 4.23. The van der Waals surface area contributed by atoms with E-state index in [4.69, 9.17) is 0 Å². The van der Waals surface area contributed by atoms with Crippen molar-refractivity contribution in [3.8, 4) is 10.6 Å². The second-order valence-electron chi connectivity index (χ2n) is 5.91. The average Bonchev–Trinajstić information content (AvgIpc) is 3.25. The van der Waals surface area contributed by atoms with Crippen LogP contribution in [0.4, 0.5) is 5.69 Å². The minimum Gasteiger partial charge on any atom is -0.380 e. The largest absolute Gasteiger partial charge is 0.380 e. The van der Waals surface area contributed by atoms with Crippen LogP contribution >= 0.6 is 11.3 Å². The number of nitrogens with one attached hydrogen (secondary N) is 3. The van der Waals surface area contributed by atoms with Gasteiger partial charge < -0.3 is 15.6 Å². The van der Waals surface area contributed by atoms with Crippen LogP contribution in [0.2, 0.25) is 0 Å². The highest BCUT2D eigenvalue weighted by atomic mass is 32.2. The van der Waals surface area contributed by atoms with Crippen LogP contribution in [0.15, 0.2) is 28.9 Å². The van der Waals surface area contributed by atoms with Gasteiger partial charge in [0.15, 0.2) is 0 Å². The summed E-state index contributed by atoms with van der Waals surface area (Å²) in [6, 6.07) is 2.43. The Labute approximate surface area is 146 Å². The lowest BCUT2D eigenvalue weighted by molar-refractivity contribution is 0.480. The molecule has 0 saturated carbocycles. The summed E-state index contributed by atoms with van der Waals surface area (Å²) >= 11 is 1.46. The summed E-state index contributed by atoms with van der Waals surface area (Å²) in [6.45, 7) is 2.04. The molecule has 6 nitrogen and oxygen atoms in total. The fourth-order valence-electron chi connectivity index (χ4n) is 3.02. The van der Waals surface area contributed by atoms with Crippen LogP contribution in [0.5, 0.6) is 0 Å². The lowest BCUT2D eigenvalue weighted by Gasteiger charge is -2.26. The molecule has 0 aliphatic carbocycles. The summed E-state index contributed by atoms with van der Waals surface area (Å²) in [5, 5.41) is 9.03. The number of H-pyrrole nitrogens is 1. The number of aromatic amines is 1. The van der Waals surface area contributed by atoms with E-state index in [1.165, 1.54) is 17.8 Å². The predicted octanol–water partition coefficient (Wildman–Crippen LogP) is 2.59. The SMILES string of the molecule is CS(=O)c1cnc(-c2cnc3[nH]ccc3c2NC2CCCNC2)s1. The number of anilines is 1. The molecule has 3 aromatic heterocycles. The Kier molecular flexibility index (Phi) is 4.34. The van der Waals surface area contributed by atoms with Gasteiger partial charge in [-0.1, -0.05) is 0 Å². The number of rotatable bonds is 4. The molecule has 0 amide bonds. The fraction of sp³-hybridized carbons (Fsp3) is 0.375. The highest BCUT2D eigenvalue weighted by Gasteiger charge is 2.19. The van der Waals surface area contributed by atoms with Gasteiger partial charge in [-0.05, 0) is 25.5 Å². The van der Waals surface area contributed by atoms with Crippen molar-refractivity contribution in [2.24, 2.45) is 0 Å². The Balaban J connectivity index is 1.78. The summed E-state index contributed by atoms with van der Waals surface area (Å²) in [5.41, 5.74) is 2.88. The topological polar surface area (TPSA) is 82.7 Å². The molecular formula is C16H19N5OS2. The Hall–Kier alpha value is -1.77. The Bertz CT molecular complexity index is 882. The van der Waals surface area contributed by atoms with Crippen LogP contribution in [-0.4, -0.2) is 44.5 Å². The third-order valence-corrected chi connectivity index (χ3v) is 6.68. The zero-order valence-electron chi connectivity index (χ0n) is 13.3. The van der Waals surface area contributed by atoms with Gasteiger partial charge in [0.25, 0.3) is 0 Å². The van der Waals surface area contributed by atoms with Crippen molar-refractivity contribution in [2.75, 3.05) is 24.7 Å². The molecule has 2 atom stereocenters. The number of hydrogen-bond donors (Lipinski definition) is 3. The van der Waals surface area contributed by atoms with Crippen molar-refractivity contribution >= 4 is 38.9 Å². The van der Waals surface area contributed by atoms with Crippen LogP contribution in [0.3, 0.4) is 0 Å². The molecule has 8 heteroatoms. The molecule has 126 valence electrons. The number of hydrogen-bond acceptors (Lipinski definition) is 6. The summed E-state index contributed by atoms with van der Waals surface area (Å²) in [4.78, 5) is 12.1. The highest BCUT2D eigenvalue weighted by Crippen LogP contribution is 2.36. The smallest absolute Gasteiger partial charge is 0.139 e. The Morgan fingerprint density at radius 1 is 1.38 bits per heavy atom. The number of thiazole rings is 1. The number of fused-ring (bicyclic) bond motifs is 1. The molecule has 0 radical (unpaired) electrons. The van der Waals surface area contributed by atoms with E-state index >= 15 is 0 Å². The van der Waals surface area contributed by atoms with Gasteiger partial charge in [-0.2, -0.15) is 0 Å². The summed E-state index contributed by atoms with van der Waals surface area (Å²) in [6.07, 6.45) is 9.44. The Morgan fingerprint density at radius 3 is 3.04 bits per heavy atom. The maximum Gasteiger partial charge on any atom is 0.139 e. The summed E-state index contributed by atoms with van der Waals surface area (Å²) < 4.78 is 12.5. The van der Waals surface area contributed by atoms with Crippen molar-refractivity contribution in [2.45, 2.75) is 23.1 Å². The molecule has 1 aliphatic rings. The van der Waals surface area contributed by atoms with Crippen LogP contribution in [0.1, 0.15) is 12.8 Å². The van der Waals surface area contributed by atoms with Crippen LogP contribution in [0, 0.1) is 0 Å². The highest BCUT2D eigenvalue weighted by molar-refractivity contribution is 7.86. The molecular weight excluding hydrogens is 342 g/mol. The van der Waals surface area contributed by atoms with E-state index < -0.39 is 10.8 Å². The van der Waals surface area contributed by atoms with Crippen molar-refractivity contribution in [1.82, 2.24) is 20.3 Å². The van der Waals surface area contributed by atoms with Gasteiger partial charge in [-0.3, -0.25) is 4.21 Å². The fourth-order valence-corrected chi connectivity index (χ4v) is 4.59.